The van der Waals surface area contributed by atoms with Gasteiger partial charge in [-0.1, -0.05) is 0 Å². The standard InChI is InChI=1S/C15H22N2O6S.ClH/c1-24(20,21)16-11-13-10-12(15(18)19)2-3-14(13)23-9-6-17-4-7-22-8-5-17;/h2-3,10,16H,4-9,11H2,1H3,(H,18,19);1H. The van der Waals surface area contributed by atoms with Gasteiger partial charge in [-0.05, 0) is 18.2 Å². The molecular formula is C15H23ClN2O6S. The van der Waals surface area contributed by atoms with Crippen LogP contribution in [0.1, 0.15) is 15.9 Å². The highest BCUT2D eigenvalue weighted by atomic mass is 35.5. The molecule has 0 spiro atoms. The molecule has 1 aliphatic heterocycles. The van der Waals surface area contributed by atoms with Crippen LogP contribution < -0.4 is 9.46 Å². The Labute approximate surface area is 153 Å². The van der Waals surface area contributed by atoms with Crippen molar-refractivity contribution < 1.29 is 27.8 Å². The first-order valence-electron chi connectivity index (χ1n) is 7.59. The van der Waals surface area contributed by atoms with Crippen molar-refractivity contribution >= 4 is 28.4 Å². The number of morpholine rings is 1. The van der Waals surface area contributed by atoms with Gasteiger partial charge in [-0.3, -0.25) is 4.90 Å². The predicted molar refractivity (Wildman–Crippen MR) is 95.1 cm³/mol. The molecule has 1 fully saturated rings. The highest BCUT2D eigenvalue weighted by molar-refractivity contribution is 7.88. The minimum atomic E-state index is -3.38. The Morgan fingerprint density at radius 1 is 1.36 bits per heavy atom. The van der Waals surface area contributed by atoms with Crippen molar-refractivity contribution in [3.8, 4) is 5.75 Å². The third kappa shape index (κ3) is 7.57. The van der Waals surface area contributed by atoms with Crippen molar-refractivity contribution in [1.29, 1.82) is 0 Å². The Balaban J connectivity index is 0.00000312. The molecule has 10 heteroatoms. The maximum Gasteiger partial charge on any atom is 0.335 e. The third-order valence-electron chi connectivity index (χ3n) is 3.60. The molecular weight excluding hydrogens is 372 g/mol. The van der Waals surface area contributed by atoms with E-state index in [-0.39, 0.29) is 24.5 Å². The van der Waals surface area contributed by atoms with Crippen LogP contribution in [0.2, 0.25) is 0 Å². The largest absolute Gasteiger partial charge is 0.492 e. The minimum absolute atomic E-state index is 0. The van der Waals surface area contributed by atoms with Crippen molar-refractivity contribution in [3.05, 3.63) is 29.3 Å². The lowest BCUT2D eigenvalue weighted by molar-refractivity contribution is 0.0322. The molecule has 25 heavy (non-hydrogen) atoms. The molecule has 1 aromatic carbocycles. The van der Waals surface area contributed by atoms with Gasteiger partial charge in [0.2, 0.25) is 10.0 Å². The molecule has 1 saturated heterocycles. The van der Waals surface area contributed by atoms with Gasteiger partial charge in [0.1, 0.15) is 12.4 Å². The van der Waals surface area contributed by atoms with Crippen molar-refractivity contribution in [2.75, 3.05) is 45.7 Å². The van der Waals surface area contributed by atoms with E-state index in [1.165, 1.54) is 12.1 Å². The molecule has 0 amide bonds. The second kappa shape index (κ2) is 9.93. The lowest BCUT2D eigenvalue weighted by Gasteiger charge is -2.26. The van der Waals surface area contributed by atoms with Crippen LogP contribution in [0, 0.1) is 0 Å². The molecule has 1 heterocycles. The molecule has 0 bridgehead atoms. The van der Waals surface area contributed by atoms with Crippen molar-refractivity contribution in [3.63, 3.8) is 0 Å². The van der Waals surface area contributed by atoms with Crippen LogP contribution in [-0.4, -0.2) is 70.1 Å². The lowest BCUT2D eigenvalue weighted by atomic mass is 10.1. The summed E-state index contributed by atoms with van der Waals surface area (Å²) in [5.41, 5.74) is 0.572. The number of carboxylic acid groups (broad SMARTS) is 1. The Bertz CT molecular complexity index is 677. The van der Waals surface area contributed by atoms with E-state index in [0.717, 1.165) is 25.9 Å². The molecule has 0 radical (unpaired) electrons. The van der Waals surface area contributed by atoms with Crippen molar-refractivity contribution in [2.24, 2.45) is 0 Å². The Morgan fingerprint density at radius 3 is 2.64 bits per heavy atom. The van der Waals surface area contributed by atoms with Gasteiger partial charge in [-0.25, -0.2) is 17.9 Å². The highest BCUT2D eigenvalue weighted by Gasteiger charge is 2.13. The van der Waals surface area contributed by atoms with Gasteiger partial charge in [0.15, 0.2) is 0 Å². The van der Waals surface area contributed by atoms with Gasteiger partial charge in [0.25, 0.3) is 0 Å². The van der Waals surface area contributed by atoms with E-state index in [1.54, 1.807) is 6.07 Å². The second-order valence-corrected chi connectivity index (χ2v) is 7.36. The summed E-state index contributed by atoms with van der Waals surface area (Å²) >= 11 is 0. The Hall–Kier alpha value is -1.39. The van der Waals surface area contributed by atoms with Gasteiger partial charge in [0, 0.05) is 31.7 Å². The minimum Gasteiger partial charge on any atom is -0.492 e. The Kier molecular flexibility index (Phi) is 8.60. The van der Waals surface area contributed by atoms with E-state index in [0.29, 0.717) is 31.1 Å². The number of rotatable bonds is 8. The first kappa shape index (κ1) is 21.7. The zero-order valence-corrected chi connectivity index (χ0v) is 15.6. The quantitative estimate of drug-likeness (QED) is 0.663. The summed E-state index contributed by atoms with van der Waals surface area (Å²) in [6, 6.07) is 4.42. The first-order valence-corrected chi connectivity index (χ1v) is 9.48. The molecule has 142 valence electrons. The zero-order valence-electron chi connectivity index (χ0n) is 13.9. The number of nitrogens with zero attached hydrogens (tertiary/aromatic N) is 1. The first-order chi connectivity index (χ1) is 11.3. The van der Waals surface area contributed by atoms with E-state index >= 15 is 0 Å². The number of aromatic carboxylic acids is 1. The summed E-state index contributed by atoms with van der Waals surface area (Å²) in [5, 5.41) is 9.08. The van der Waals surface area contributed by atoms with E-state index in [1.807, 2.05) is 0 Å². The fourth-order valence-corrected chi connectivity index (χ4v) is 2.73. The third-order valence-corrected chi connectivity index (χ3v) is 4.27. The van der Waals surface area contributed by atoms with Crippen LogP contribution in [0.3, 0.4) is 0 Å². The topological polar surface area (TPSA) is 105 Å². The van der Waals surface area contributed by atoms with Crippen molar-refractivity contribution in [1.82, 2.24) is 9.62 Å². The highest BCUT2D eigenvalue weighted by Crippen LogP contribution is 2.21. The molecule has 2 rings (SSSR count). The maximum atomic E-state index is 11.3. The molecule has 1 aliphatic rings. The summed E-state index contributed by atoms with van der Waals surface area (Å²) in [5.74, 6) is -0.597. The van der Waals surface area contributed by atoms with Crippen LogP contribution in [0.4, 0.5) is 0 Å². The molecule has 1 aromatic rings. The van der Waals surface area contributed by atoms with E-state index in [4.69, 9.17) is 14.6 Å². The maximum absolute atomic E-state index is 11.3. The van der Waals surface area contributed by atoms with E-state index in [2.05, 4.69) is 9.62 Å². The summed E-state index contributed by atoms with van der Waals surface area (Å²) < 4.78 is 35.9. The summed E-state index contributed by atoms with van der Waals surface area (Å²) in [7, 11) is -3.38. The summed E-state index contributed by atoms with van der Waals surface area (Å²) in [6.07, 6.45) is 1.05. The van der Waals surface area contributed by atoms with Gasteiger partial charge < -0.3 is 14.6 Å². The Morgan fingerprint density at radius 2 is 2.04 bits per heavy atom. The number of ether oxygens (including phenoxy) is 2. The van der Waals surface area contributed by atoms with Gasteiger partial charge in [0.05, 0.1) is 25.0 Å². The number of nitrogens with one attached hydrogen (secondary N) is 1. The SMILES string of the molecule is CS(=O)(=O)NCc1cc(C(=O)O)ccc1OCCN1CCOCC1.Cl. The van der Waals surface area contributed by atoms with Crippen LogP contribution >= 0.6 is 12.4 Å². The number of carbonyl (C=O) groups is 1. The van der Waals surface area contributed by atoms with Gasteiger partial charge in [-0.2, -0.15) is 0 Å². The molecule has 0 aromatic heterocycles. The van der Waals surface area contributed by atoms with Crippen LogP contribution in [0.5, 0.6) is 5.75 Å². The normalized spacial score (nSPS) is 15.4. The van der Waals surface area contributed by atoms with Crippen LogP contribution in [0.15, 0.2) is 18.2 Å². The van der Waals surface area contributed by atoms with Crippen molar-refractivity contribution in [2.45, 2.75) is 6.54 Å². The average Bonchev–Trinajstić information content (AvgIpc) is 2.54. The number of sulfonamides is 1. The number of hydrogen-bond donors (Lipinski definition) is 2. The summed E-state index contributed by atoms with van der Waals surface area (Å²) in [6.45, 7) is 4.25. The van der Waals surface area contributed by atoms with Crippen LogP contribution in [-0.2, 0) is 21.3 Å². The second-order valence-electron chi connectivity index (χ2n) is 5.52. The van der Waals surface area contributed by atoms with E-state index < -0.39 is 16.0 Å². The van der Waals surface area contributed by atoms with Gasteiger partial charge in [-0.15, -0.1) is 12.4 Å². The molecule has 8 nitrogen and oxygen atoms in total. The molecule has 2 N–H and O–H groups in total. The predicted octanol–water partition coefficient (Wildman–Crippen LogP) is 0.567. The molecule has 0 unspecified atom stereocenters. The zero-order chi connectivity index (χ0) is 17.6. The average molecular weight is 395 g/mol. The molecule has 0 atom stereocenters. The van der Waals surface area contributed by atoms with E-state index in [9.17, 15) is 13.2 Å². The number of carboxylic acids is 1. The molecule has 0 saturated carbocycles. The van der Waals surface area contributed by atoms with Gasteiger partial charge >= 0.3 is 5.97 Å². The lowest BCUT2D eigenvalue weighted by Crippen LogP contribution is -2.38. The number of benzene rings is 1. The molecule has 0 aliphatic carbocycles. The number of halogens is 1. The fraction of sp³-hybridized carbons (Fsp3) is 0.533. The fourth-order valence-electron chi connectivity index (χ4n) is 2.31. The summed E-state index contributed by atoms with van der Waals surface area (Å²) in [4.78, 5) is 13.3. The van der Waals surface area contributed by atoms with Crippen LogP contribution in [0.25, 0.3) is 0 Å². The number of hydrogen-bond acceptors (Lipinski definition) is 6. The smallest absolute Gasteiger partial charge is 0.335 e. The monoisotopic (exact) mass is 394 g/mol.